The lowest BCUT2D eigenvalue weighted by Gasteiger charge is -2.01. The molecule has 0 atom stereocenters. The summed E-state index contributed by atoms with van der Waals surface area (Å²) in [6, 6.07) is 0. The Bertz CT molecular complexity index is 596. The van der Waals surface area contributed by atoms with Gasteiger partial charge in [-0.15, -0.1) is 5.10 Å². The van der Waals surface area contributed by atoms with Crippen LogP contribution in [0.3, 0.4) is 0 Å². The number of hydrogen-bond donors (Lipinski definition) is 0. The molecule has 0 aliphatic carbocycles. The highest BCUT2D eigenvalue weighted by atomic mass is 32.2. The Morgan fingerprint density at radius 3 is 3.00 bits per heavy atom. The minimum Gasteiger partial charge on any atom is -0.468 e. The second kappa shape index (κ2) is 7.16. The first-order chi connectivity index (χ1) is 10.1. The fraction of sp³-hybridized carbons (Fsp3) is 0.636. The van der Waals surface area contributed by atoms with Crippen LogP contribution < -0.4 is 0 Å². The number of carbonyl (C=O) groups is 1. The average molecular weight is 312 g/mol. The summed E-state index contributed by atoms with van der Waals surface area (Å²) < 4.78 is 11.1. The van der Waals surface area contributed by atoms with Gasteiger partial charge in [0.2, 0.25) is 11.0 Å². The zero-order valence-corrected chi connectivity index (χ0v) is 12.8. The molecule has 0 N–H and O–H groups in total. The van der Waals surface area contributed by atoms with Gasteiger partial charge in [-0.25, -0.2) is 4.68 Å². The topological polar surface area (TPSA) is 109 Å². The van der Waals surface area contributed by atoms with Crippen LogP contribution >= 0.6 is 11.8 Å². The smallest absolute Gasteiger partial charge is 0.327 e. The van der Waals surface area contributed by atoms with E-state index in [1.54, 1.807) is 0 Å². The maximum absolute atomic E-state index is 11.2. The van der Waals surface area contributed by atoms with E-state index in [4.69, 9.17) is 4.52 Å². The van der Waals surface area contributed by atoms with Crippen LogP contribution in [-0.2, 0) is 28.2 Å². The quantitative estimate of drug-likeness (QED) is 0.539. The highest BCUT2D eigenvalue weighted by molar-refractivity contribution is 7.98. The molecule has 2 aromatic rings. The number of hydrogen-bond acceptors (Lipinski definition) is 9. The molecule has 0 fully saturated rings. The average Bonchev–Trinajstić information content (AvgIpc) is 3.05. The summed E-state index contributed by atoms with van der Waals surface area (Å²) in [5, 5.41) is 15.5. The molecule has 2 heterocycles. The summed E-state index contributed by atoms with van der Waals surface area (Å²) in [6.45, 7) is 4.14. The molecule has 9 nitrogen and oxygen atoms in total. The molecule has 0 unspecified atom stereocenters. The highest BCUT2D eigenvalue weighted by Gasteiger charge is 2.14. The van der Waals surface area contributed by atoms with Crippen LogP contribution in [0.4, 0.5) is 0 Å². The van der Waals surface area contributed by atoms with E-state index in [-0.39, 0.29) is 6.54 Å². The van der Waals surface area contributed by atoms with Crippen molar-refractivity contribution >= 4 is 17.7 Å². The molecule has 0 amide bonds. The summed E-state index contributed by atoms with van der Waals surface area (Å²) in [5.41, 5.74) is 0. The number of methoxy groups -OCH3 is 1. The van der Waals surface area contributed by atoms with E-state index in [0.717, 1.165) is 6.42 Å². The molecule has 0 radical (unpaired) electrons. The van der Waals surface area contributed by atoms with Crippen LogP contribution in [0.15, 0.2) is 9.68 Å². The first-order valence-corrected chi connectivity index (χ1v) is 7.34. The van der Waals surface area contributed by atoms with Crippen LogP contribution in [0.2, 0.25) is 0 Å². The highest BCUT2D eigenvalue weighted by Crippen LogP contribution is 2.19. The van der Waals surface area contributed by atoms with Gasteiger partial charge < -0.3 is 9.26 Å². The van der Waals surface area contributed by atoms with Gasteiger partial charge in [-0.3, -0.25) is 4.79 Å². The number of thioether (sulfide) groups is 1. The van der Waals surface area contributed by atoms with E-state index in [9.17, 15) is 4.79 Å². The lowest BCUT2D eigenvalue weighted by Crippen LogP contribution is -2.13. The summed E-state index contributed by atoms with van der Waals surface area (Å²) >= 11 is 1.31. The molecule has 10 heteroatoms. The third-order valence-electron chi connectivity index (χ3n) is 2.43. The number of esters is 1. The van der Waals surface area contributed by atoms with E-state index < -0.39 is 5.97 Å². The monoisotopic (exact) mass is 312 g/mol. The molecule has 0 saturated carbocycles. The zero-order chi connectivity index (χ0) is 15.2. The van der Waals surface area contributed by atoms with Crippen molar-refractivity contribution in [2.45, 2.75) is 37.7 Å². The number of rotatable bonds is 7. The number of carbonyl (C=O) groups excluding carboxylic acids is 1. The van der Waals surface area contributed by atoms with E-state index in [1.165, 1.54) is 23.6 Å². The minimum absolute atomic E-state index is 0.0335. The molecule has 2 rings (SSSR count). The second-order valence-electron chi connectivity index (χ2n) is 4.69. The van der Waals surface area contributed by atoms with Crippen LogP contribution in [-0.4, -0.2) is 43.4 Å². The largest absolute Gasteiger partial charge is 0.468 e. The van der Waals surface area contributed by atoms with Crippen molar-refractivity contribution in [3.8, 4) is 0 Å². The Morgan fingerprint density at radius 2 is 2.29 bits per heavy atom. The van der Waals surface area contributed by atoms with Gasteiger partial charge >= 0.3 is 5.97 Å². The maximum Gasteiger partial charge on any atom is 0.327 e. The van der Waals surface area contributed by atoms with Crippen molar-refractivity contribution in [2.75, 3.05) is 7.11 Å². The van der Waals surface area contributed by atoms with E-state index in [1.807, 2.05) is 0 Å². The minimum atomic E-state index is -0.416. The van der Waals surface area contributed by atoms with Crippen molar-refractivity contribution < 1.29 is 14.1 Å². The predicted molar refractivity (Wildman–Crippen MR) is 72.2 cm³/mol. The van der Waals surface area contributed by atoms with Gasteiger partial charge in [0, 0.05) is 6.42 Å². The molecule has 0 bridgehead atoms. The summed E-state index contributed by atoms with van der Waals surface area (Å²) in [6.07, 6.45) is 0.772. The Labute approximate surface area is 125 Å². The van der Waals surface area contributed by atoms with Crippen molar-refractivity contribution in [1.82, 2.24) is 30.3 Å². The summed E-state index contributed by atoms with van der Waals surface area (Å²) in [7, 11) is 1.31. The van der Waals surface area contributed by atoms with Gasteiger partial charge in [0.25, 0.3) is 0 Å². The SMILES string of the molecule is COC(=O)Cn1nnnc1SCc1nc(CC(C)C)no1. The molecular formula is C11H16N6O3S. The lowest BCUT2D eigenvalue weighted by molar-refractivity contribution is -0.141. The standard InChI is InChI=1S/C11H16N6O3S/c1-7(2)4-8-12-9(20-14-8)6-21-11-13-15-16-17(11)5-10(18)19-3/h7H,4-6H2,1-3H3. The van der Waals surface area contributed by atoms with Gasteiger partial charge in [-0.2, -0.15) is 4.98 Å². The number of nitrogens with zero attached hydrogens (tertiary/aromatic N) is 6. The molecule has 114 valence electrons. The van der Waals surface area contributed by atoms with Gasteiger partial charge in [0.15, 0.2) is 5.82 Å². The predicted octanol–water partition coefficient (Wildman–Crippen LogP) is 0.720. The Morgan fingerprint density at radius 1 is 1.48 bits per heavy atom. The van der Waals surface area contributed by atoms with Crippen molar-refractivity contribution in [3.05, 3.63) is 11.7 Å². The first-order valence-electron chi connectivity index (χ1n) is 6.35. The van der Waals surface area contributed by atoms with Crippen molar-refractivity contribution in [1.29, 1.82) is 0 Å². The zero-order valence-electron chi connectivity index (χ0n) is 12.0. The molecule has 0 saturated heterocycles. The molecule has 2 aromatic heterocycles. The first kappa shape index (κ1) is 15.4. The second-order valence-corrected chi connectivity index (χ2v) is 5.63. The van der Waals surface area contributed by atoms with Gasteiger partial charge in [0.05, 0.1) is 12.9 Å². The fourth-order valence-corrected chi connectivity index (χ4v) is 2.22. The maximum atomic E-state index is 11.2. The molecule has 0 spiro atoms. The van der Waals surface area contributed by atoms with E-state index >= 15 is 0 Å². The molecule has 0 aliphatic rings. The third kappa shape index (κ3) is 4.52. The Balaban J connectivity index is 1.92. The Kier molecular flexibility index (Phi) is 5.26. The van der Waals surface area contributed by atoms with E-state index in [0.29, 0.717) is 28.5 Å². The molecule has 0 aliphatic heterocycles. The number of ether oxygens (including phenoxy) is 1. The summed E-state index contributed by atoms with van der Waals surface area (Å²) in [4.78, 5) is 15.5. The lowest BCUT2D eigenvalue weighted by atomic mass is 10.1. The van der Waals surface area contributed by atoms with Crippen LogP contribution in [0, 0.1) is 5.92 Å². The fourth-order valence-electron chi connectivity index (χ4n) is 1.51. The Hall–Kier alpha value is -1.97. The number of tetrazole rings is 1. The molecular weight excluding hydrogens is 296 g/mol. The summed E-state index contributed by atoms with van der Waals surface area (Å²) in [5.74, 6) is 1.68. The van der Waals surface area contributed by atoms with Crippen LogP contribution in [0.1, 0.15) is 25.6 Å². The third-order valence-corrected chi connectivity index (χ3v) is 3.37. The van der Waals surface area contributed by atoms with Crippen molar-refractivity contribution in [3.63, 3.8) is 0 Å². The molecule has 21 heavy (non-hydrogen) atoms. The van der Waals surface area contributed by atoms with Gasteiger partial charge in [-0.05, 0) is 16.3 Å². The normalized spacial score (nSPS) is 11.0. The number of aromatic nitrogens is 6. The van der Waals surface area contributed by atoms with E-state index in [2.05, 4.69) is 44.3 Å². The van der Waals surface area contributed by atoms with Gasteiger partial charge in [0.1, 0.15) is 6.54 Å². The van der Waals surface area contributed by atoms with Gasteiger partial charge in [-0.1, -0.05) is 30.8 Å². The molecule has 0 aromatic carbocycles. The van der Waals surface area contributed by atoms with Crippen LogP contribution in [0.5, 0.6) is 0 Å². The van der Waals surface area contributed by atoms with Crippen molar-refractivity contribution in [2.24, 2.45) is 5.92 Å². The van der Waals surface area contributed by atoms with Crippen LogP contribution in [0.25, 0.3) is 0 Å².